The van der Waals surface area contributed by atoms with E-state index in [1.165, 1.54) is 0 Å². The minimum atomic E-state index is -3.10. The molecule has 17 heavy (non-hydrogen) atoms. The van der Waals surface area contributed by atoms with Crippen LogP contribution in [0.25, 0.3) is 0 Å². The molecule has 0 heterocycles. The largest absolute Gasteiger partial charge is 0.507 e. The Morgan fingerprint density at radius 3 is 2.06 bits per heavy atom. The zero-order valence-corrected chi connectivity index (χ0v) is 8.40. The summed E-state index contributed by atoms with van der Waals surface area (Å²) in [5, 5.41) is 55.1. The number of benzene rings is 1. The topological polar surface area (TPSA) is 164 Å². The number of phenols is 3. The van der Waals surface area contributed by atoms with E-state index < -0.39 is 40.6 Å². The highest BCUT2D eigenvalue weighted by atomic mass is 16.5. The molecule has 0 saturated heterocycles. The van der Waals surface area contributed by atoms with E-state index in [0.717, 1.165) is 0 Å². The van der Waals surface area contributed by atoms with Crippen LogP contribution in [0.3, 0.4) is 0 Å². The number of carboxylic acid groups (broad SMARTS) is 1. The fourth-order valence-electron chi connectivity index (χ4n) is 1.20. The highest BCUT2D eigenvalue weighted by Crippen LogP contribution is 2.37. The summed E-state index contributed by atoms with van der Waals surface area (Å²) in [6.07, 6.45) is 0. The van der Waals surface area contributed by atoms with Gasteiger partial charge in [-0.15, -0.1) is 0 Å². The van der Waals surface area contributed by atoms with Crippen molar-refractivity contribution in [2.24, 2.45) is 5.73 Å². The lowest BCUT2D eigenvalue weighted by Gasteiger charge is -2.26. The van der Waals surface area contributed by atoms with E-state index in [9.17, 15) is 20.1 Å². The highest BCUT2D eigenvalue weighted by Gasteiger charge is 2.41. The first-order valence-corrected chi connectivity index (χ1v) is 4.36. The molecule has 0 fully saturated rings. The molecule has 0 spiro atoms. The van der Waals surface area contributed by atoms with Crippen LogP contribution in [0.5, 0.6) is 17.2 Å². The van der Waals surface area contributed by atoms with Crippen molar-refractivity contribution < 1.29 is 35.4 Å². The summed E-state index contributed by atoms with van der Waals surface area (Å²) < 4.78 is 0. The summed E-state index contributed by atoms with van der Waals surface area (Å²) in [7, 11) is 0. The Hall–Kier alpha value is -2.03. The lowest BCUT2D eigenvalue weighted by molar-refractivity contribution is -0.197. The molecule has 0 aliphatic heterocycles. The number of hydrogen-bond donors (Lipinski definition) is 7. The molecule has 1 unspecified atom stereocenters. The molecular formula is C9H11NO7. The number of aliphatic carboxylic acids is 1. The number of rotatable bonds is 3. The number of aromatic hydroxyl groups is 3. The van der Waals surface area contributed by atoms with E-state index in [-0.39, 0.29) is 0 Å². The first kappa shape index (κ1) is 13.0. The Labute approximate surface area is 94.8 Å². The molecule has 1 atom stereocenters. The maximum absolute atomic E-state index is 10.5. The van der Waals surface area contributed by atoms with E-state index in [1.54, 1.807) is 0 Å². The third-order valence-electron chi connectivity index (χ3n) is 2.19. The Bertz CT molecular complexity index is 457. The minimum absolute atomic E-state index is 0.605. The zero-order chi connectivity index (χ0) is 13.4. The van der Waals surface area contributed by atoms with Gasteiger partial charge in [-0.05, 0) is 6.07 Å². The second-order valence-corrected chi connectivity index (χ2v) is 3.40. The van der Waals surface area contributed by atoms with Crippen molar-refractivity contribution in [3.63, 3.8) is 0 Å². The lowest BCUT2D eigenvalue weighted by Crippen LogP contribution is -2.50. The van der Waals surface area contributed by atoms with Crippen LogP contribution < -0.4 is 5.73 Å². The van der Waals surface area contributed by atoms with Crippen LogP contribution in [0.4, 0.5) is 0 Å². The first-order valence-electron chi connectivity index (χ1n) is 4.36. The Balaban J connectivity index is 3.33. The third-order valence-corrected chi connectivity index (χ3v) is 2.19. The number of nitrogens with two attached hydrogens (primary N) is 1. The van der Waals surface area contributed by atoms with Crippen molar-refractivity contribution >= 4 is 5.97 Å². The van der Waals surface area contributed by atoms with Crippen molar-refractivity contribution in [3.05, 3.63) is 17.7 Å². The van der Waals surface area contributed by atoms with Gasteiger partial charge in [0.15, 0.2) is 17.5 Å². The van der Waals surface area contributed by atoms with Gasteiger partial charge < -0.3 is 36.4 Å². The van der Waals surface area contributed by atoms with Crippen LogP contribution in [0, 0.1) is 0 Å². The molecule has 0 aromatic heterocycles. The zero-order valence-electron chi connectivity index (χ0n) is 8.40. The molecule has 0 aliphatic carbocycles. The molecule has 0 aliphatic rings. The van der Waals surface area contributed by atoms with Crippen molar-refractivity contribution in [1.29, 1.82) is 0 Å². The molecule has 8 heteroatoms. The van der Waals surface area contributed by atoms with Gasteiger partial charge >= 0.3 is 5.97 Å². The van der Waals surface area contributed by atoms with Crippen molar-refractivity contribution in [3.8, 4) is 17.2 Å². The summed E-state index contributed by atoms with van der Waals surface area (Å²) in [5.41, 5.74) is 4.29. The fourth-order valence-corrected chi connectivity index (χ4v) is 1.20. The van der Waals surface area contributed by atoms with E-state index in [2.05, 4.69) is 0 Å². The highest BCUT2D eigenvalue weighted by molar-refractivity contribution is 5.75. The van der Waals surface area contributed by atoms with Gasteiger partial charge in [0.1, 0.15) is 5.75 Å². The summed E-state index contributed by atoms with van der Waals surface area (Å²) in [6.45, 7) is 0. The number of hydrogen-bond acceptors (Lipinski definition) is 7. The molecule has 1 aromatic carbocycles. The summed E-state index contributed by atoms with van der Waals surface area (Å²) in [4.78, 5) is 10.5. The van der Waals surface area contributed by atoms with Crippen LogP contribution >= 0.6 is 0 Å². The maximum Gasteiger partial charge on any atom is 0.326 e. The maximum atomic E-state index is 10.5. The normalized spacial score (nSPS) is 13.4. The smallest absolute Gasteiger partial charge is 0.326 e. The van der Waals surface area contributed by atoms with Gasteiger partial charge in [0.25, 0.3) is 0 Å². The number of aliphatic hydroxyl groups is 2. The van der Waals surface area contributed by atoms with E-state index >= 15 is 0 Å². The van der Waals surface area contributed by atoms with Crippen LogP contribution in [0.15, 0.2) is 12.1 Å². The fraction of sp³-hybridized carbons (Fsp3) is 0.222. The number of phenolic OH excluding ortho intramolecular Hbond substituents is 3. The molecule has 0 saturated carbocycles. The van der Waals surface area contributed by atoms with E-state index in [0.29, 0.717) is 12.1 Å². The number of carboxylic acids is 1. The molecule has 94 valence electrons. The van der Waals surface area contributed by atoms with Crippen LogP contribution in [-0.2, 0) is 10.6 Å². The van der Waals surface area contributed by atoms with Crippen LogP contribution in [-0.4, -0.2) is 42.7 Å². The predicted octanol–water partition coefficient (Wildman–Crippen LogP) is -1.65. The third kappa shape index (κ3) is 2.23. The summed E-state index contributed by atoms with van der Waals surface area (Å²) in [5.74, 6) is -7.10. The molecule has 0 amide bonds. The molecule has 1 rings (SSSR count). The average Bonchev–Trinajstić information content (AvgIpc) is 2.21. The van der Waals surface area contributed by atoms with Gasteiger partial charge in [0, 0.05) is 6.07 Å². The van der Waals surface area contributed by atoms with Gasteiger partial charge in [0.2, 0.25) is 5.79 Å². The average molecular weight is 245 g/mol. The van der Waals surface area contributed by atoms with Crippen molar-refractivity contribution in [2.75, 3.05) is 0 Å². The first-order chi connectivity index (χ1) is 7.67. The van der Waals surface area contributed by atoms with Gasteiger partial charge in [-0.3, -0.25) is 4.79 Å². The monoisotopic (exact) mass is 245 g/mol. The SMILES string of the molecule is NC(C(=O)O)C(O)(O)c1cc(O)c(O)cc1O. The molecule has 1 aromatic rings. The lowest BCUT2D eigenvalue weighted by atomic mass is 9.97. The van der Waals surface area contributed by atoms with Gasteiger partial charge in [-0.25, -0.2) is 0 Å². The molecule has 0 bridgehead atoms. The summed E-state index contributed by atoms with van der Waals surface area (Å²) in [6, 6.07) is -0.911. The molecule has 8 nitrogen and oxygen atoms in total. The van der Waals surface area contributed by atoms with E-state index in [1.807, 2.05) is 0 Å². The van der Waals surface area contributed by atoms with Gasteiger partial charge in [-0.2, -0.15) is 0 Å². The Morgan fingerprint density at radius 2 is 1.59 bits per heavy atom. The predicted molar refractivity (Wildman–Crippen MR) is 53.2 cm³/mol. The minimum Gasteiger partial charge on any atom is -0.507 e. The van der Waals surface area contributed by atoms with Crippen LogP contribution in [0.1, 0.15) is 5.56 Å². The van der Waals surface area contributed by atoms with Crippen molar-refractivity contribution in [2.45, 2.75) is 11.8 Å². The molecular weight excluding hydrogens is 234 g/mol. The van der Waals surface area contributed by atoms with E-state index in [4.69, 9.17) is 21.1 Å². The Morgan fingerprint density at radius 1 is 1.12 bits per heavy atom. The standard InChI is InChI=1S/C9H11NO7/c10-7(8(14)15)9(16,17)3-1-5(12)6(13)2-4(3)11/h1-2,7,11-13,16-17H,10H2,(H,14,15). The molecule has 8 N–H and O–H groups in total. The van der Waals surface area contributed by atoms with Gasteiger partial charge in [0.05, 0.1) is 5.56 Å². The quantitative estimate of drug-likeness (QED) is 0.189. The summed E-state index contributed by atoms with van der Waals surface area (Å²) >= 11 is 0. The second-order valence-electron chi connectivity index (χ2n) is 3.40. The Kier molecular flexibility index (Phi) is 3.14. The number of carbonyl (C=O) groups is 1. The van der Waals surface area contributed by atoms with Crippen LogP contribution in [0.2, 0.25) is 0 Å². The molecule has 0 radical (unpaired) electrons. The van der Waals surface area contributed by atoms with Gasteiger partial charge in [-0.1, -0.05) is 0 Å². The second kappa shape index (κ2) is 4.09. The van der Waals surface area contributed by atoms with Crippen molar-refractivity contribution in [1.82, 2.24) is 0 Å².